The first-order valence-corrected chi connectivity index (χ1v) is 11.3. The molecule has 3 rings (SSSR count). The Morgan fingerprint density at radius 3 is 2.68 bits per heavy atom. The Balaban J connectivity index is 0.000000340. The van der Waals surface area contributed by atoms with Crippen molar-refractivity contribution in [1.82, 2.24) is 9.88 Å². The molecule has 1 heterocycles. The quantitative estimate of drug-likeness (QED) is 0.539. The van der Waals surface area contributed by atoms with E-state index in [0.717, 1.165) is 18.1 Å². The molecule has 182 valence electrons. The van der Waals surface area contributed by atoms with E-state index in [-0.39, 0.29) is 19.0 Å². The largest absolute Gasteiger partial charge is 0.390 e. The number of rotatable bonds is 7. The smallest absolute Gasteiger partial charge is 0.255 e. The Bertz CT molecular complexity index is 1040. The average Bonchev–Trinajstić information content (AvgIpc) is 2.97. The standard InChI is InChI=1S/C18H22ClN3O2.C8H8F2/c1-2-13-4-3-5-14(8-13)11-22(12-16(23)9-20)18(24)15-6-7-17(19)21-10-15;1-6-4-7(9)2-3-8(10)5-6/h3-8,10,16,23H,2,9,11-12,20H2,1H3;2-5,7H,1H3. The third-order valence-corrected chi connectivity index (χ3v) is 5.19. The van der Waals surface area contributed by atoms with Gasteiger partial charge in [0.05, 0.1) is 11.7 Å². The van der Waals surface area contributed by atoms with Gasteiger partial charge in [0.15, 0.2) is 0 Å². The third kappa shape index (κ3) is 9.17. The molecule has 0 saturated carbocycles. The number of allylic oxidation sites excluding steroid dienone is 6. The lowest BCUT2D eigenvalue weighted by Crippen LogP contribution is -2.40. The SMILES string of the molecule is CC1=CC(F)C=CC(F)=C1.CCc1cccc(CN(CC(O)CN)C(=O)c2ccc(Cl)nc2)c1. The van der Waals surface area contributed by atoms with E-state index in [1.807, 2.05) is 18.2 Å². The Hall–Kier alpha value is -2.87. The van der Waals surface area contributed by atoms with Crippen molar-refractivity contribution in [2.24, 2.45) is 5.73 Å². The fourth-order valence-electron chi connectivity index (χ4n) is 3.21. The number of pyridine rings is 1. The van der Waals surface area contributed by atoms with Crippen LogP contribution in [0.4, 0.5) is 8.78 Å². The van der Waals surface area contributed by atoms with Crippen LogP contribution >= 0.6 is 11.6 Å². The first-order chi connectivity index (χ1) is 16.2. The van der Waals surface area contributed by atoms with Gasteiger partial charge < -0.3 is 15.7 Å². The fourth-order valence-corrected chi connectivity index (χ4v) is 3.32. The number of nitrogens with two attached hydrogens (primary N) is 1. The molecule has 0 aliphatic heterocycles. The van der Waals surface area contributed by atoms with Crippen LogP contribution in [0.1, 0.15) is 35.3 Å². The Kier molecular flexibility index (Phi) is 11.1. The lowest BCUT2D eigenvalue weighted by molar-refractivity contribution is 0.0617. The van der Waals surface area contributed by atoms with Crippen LogP contribution in [-0.4, -0.2) is 46.3 Å². The second-order valence-electron chi connectivity index (χ2n) is 7.86. The van der Waals surface area contributed by atoms with Crippen LogP contribution in [-0.2, 0) is 13.0 Å². The number of hydrogen-bond donors (Lipinski definition) is 2. The Morgan fingerprint density at radius 1 is 1.29 bits per heavy atom. The number of aliphatic hydroxyl groups is 1. The number of benzene rings is 1. The summed E-state index contributed by atoms with van der Waals surface area (Å²) in [5.41, 5.74) is 8.76. The number of hydrogen-bond acceptors (Lipinski definition) is 4. The van der Waals surface area contributed by atoms with E-state index in [9.17, 15) is 18.7 Å². The molecule has 0 radical (unpaired) electrons. The highest BCUT2D eigenvalue weighted by atomic mass is 35.5. The van der Waals surface area contributed by atoms with Gasteiger partial charge in [-0.15, -0.1) is 0 Å². The van der Waals surface area contributed by atoms with Crippen LogP contribution in [0.3, 0.4) is 0 Å². The van der Waals surface area contributed by atoms with Gasteiger partial charge in [-0.25, -0.2) is 13.8 Å². The zero-order chi connectivity index (χ0) is 25.1. The Labute approximate surface area is 204 Å². The van der Waals surface area contributed by atoms with Gasteiger partial charge in [0, 0.05) is 25.8 Å². The number of carbonyl (C=O) groups is 1. The zero-order valence-electron chi connectivity index (χ0n) is 19.3. The second kappa shape index (κ2) is 13.7. The minimum Gasteiger partial charge on any atom is -0.390 e. The first kappa shape index (κ1) is 27.4. The molecule has 1 aromatic heterocycles. The summed E-state index contributed by atoms with van der Waals surface area (Å²) in [7, 11) is 0. The van der Waals surface area contributed by atoms with E-state index in [0.29, 0.717) is 22.8 Å². The van der Waals surface area contributed by atoms with Crippen LogP contribution in [0.2, 0.25) is 5.15 Å². The molecule has 2 unspecified atom stereocenters. The van der Waals surface area contributed by atoms with Crippen molar-refractivity contribution in [2.75, 3.05) is 13.1 Å². The zero-order valence-corrected chi connectivity index (χ0v) is 20.1. The molecule has 1 aliphatic rings. The van der Waals surface area contributed by atoms with Crippen LogP contribution in [0, 0.1) is 0 Å². The highest BCUT2D eigenvalue weighted by molar-refractivity contribution is 6.29. The van der Waals surface area contributed by atoms with Gasteiger partial charge in [-0.3, -0.25) is 4.79 Å². The van der Waals surface area contributed by atoms with E-state index in [1.165, 1.54) is 30.0 Å². The average molecular weight is 490 g/mol. The molecule has 0 saturated heterocycles. The molecule has 0 spiro atoms. The minimum atomic E-state index is -1.15. The molecule has 0 bridgehead atoms. The number of aromatic nitrogens is 1. The predicted octanol–water partition coefficient (Wildman–Crippen LogP) is 4.95. The first-order valence-electron chi connectivity index (χ1n) is 11.0. The maximum Gasteiger partial charge on any atom is 0.255 e. The number of nitrogens with zero attached hydrogens (tertiary/aromatic N) is 2. The second-order valence-corrected chi connectivity index (χ2v) is 8.25. The molecular formula is C26H30ClF2N3O2. The van der Waals surface area contributed by atoms with Gasteiger partial charge in [0.1, 0.15) is 17.2 Å². The van der Waals surface area contributed by atoms with E-state index >= 15 is 0 Å². The number of aryl methyl sites for hydroxylation is 1. The van der Waals surface area contributed by atoms with Crippen molar-refractivity contribution >= 4 is 17.5 Å². The van der Waals surface area contributed by atoms with E-state index < -0.39 is 18.1 Å². The molecule has 34 heavy (non-hydrogen) atoms. The summed E-state index contributed by atoms with van der Waals surface area (Å²) in [6, 6.07) is 11.3. The van der Waals surface area contributed by atoms with Crippen molar-refractivity contribution in [1.29, 1.82) is 0 Å². The molecule has 5 nitrogen and oxygen atoms in total. The number of amides is 1. The lowest BCUT2D eigenvalue weighted by Gasteiger charge is -2.25. The predicted molar refractivity (Wildman–Crippen MR) is 132 cm³/mol. The highest BCUT2D eigenvalue weighted by Gasteiger charge is 2.19. The van der Waals surface area contributed by atoms with Crippen LogP contribution in [0.5, 0.6) is 0 Å². The van der Waals surface area contributed by atoms with E-state index in [1.54, 1.807) is 24.0 Å². The molecule has 0 fully saturated rings. The maximum absolute atomic E-state index is 12.8. The van der Waals surface area contributed by atoms with Gasteiger partial charge >= 0.3 is 0 Å². The molecule has 3 N–H and O–H groups in total. The summed E-state index contributed by atoms with van der Waals surface area (Å²) >= 11 is 5.77. The minimum absolute atomic E-state index is 0.0949. The van der Waals surface area contributed by atoms with E-state index in [2.05, 4.69) is 18.0 Å². The summed E-state index contributed by atoms with van der Waals surface area (Å²) in [5.74, 6) is -0.609. The number of alkyl halides is 1. The summed E-state index contributed by atoms with van der Waals surface area (Å²) < 4.78 is 24.9. The summed E-state index contributed by atoms with van der Waals surface area (Å²) in [6.07, 6.45) is 5.43. The normalized spacial score (nSPS) is 15.9. The fraction of sp³-hybridized carbons (Fsp3) is 0.308. The molecule has 2 atom stereocenters. The van der Waals surface area contributed by atoms with Gasteiger partial charge in [-0.1, -0.05) is 42.8 Å². The summed E-state index contributed by atoms with van der Waals surface area (Å²) in [6.45, 7) is 4.40. The van der Waals surface area contributed by atoms with Crippen LogP contribution < -0.4 is 5.73 Å². The molecular weight excluding hydrogens is 460 g/mol. The highest BCUT2D eigenvalue weighted by Crippen LogP contribution is 2.15. The lowest BCUT2D eigenvalue weighted by atomic mass is 10.1. The third-order valence-electron chi connectivity index (χ3n) is 4.96. The summed E-state index contributed by atoms with van der Waals surface area (Å²) in [4.78, 5) is 18.3. The van der Waals surface area contributed by atoms with Crippen molar-refractivity contribution in [3.05, 3.63) is 100 Å². The Morgan fingerprint density at radius 2 is 2.03 bits per heavy atom. The molecule has 8 heteroatoms. The summed E-state index contributed by atoms with van der Waals surface area (Å²) in [5, 5.41) is 10.2. The van der Waals surface area contributed by atoms with Crippen molar-refractivity contribution < 1.29 is 18.7 Å². The van der Waals surface area contributed by atoms with Crippen molar-refractivity contribution in [3.8, 4) is 0 Å². The number of aliphatic hydroxyl groups excluding tert-OH is 1. The molecule has 2 aromatic rings. The van der Waals surface area contributed by atoms with Gasteiger partial charge in [0.25, 0.3) is 5.91 Å². The van der Waals surface area contributed by atoms with Crippen LogP contribution in [0.25, 0.3) is 0 Å². The number of carbonyl (C=O) groups excluding carboxylic acids is 1. The maximum atomic E-state index is 12.8. The topological polar surface area (TPSA) is 79.5 Å². The number of halogens is 3. The monoisotopic (exact) mass is 489 g/mol. The molecule has 1 amide bonds. The van der Waals surface area contributed by atoms with Crippen molar-refractivity contribution in [3.63, 3.8) is 0 Å². The van der Waals surface area contributed by atoms with Crippen LogP contribution in [0.15, 0.2) is 78.3 Å². The van der Waals surface area contributed by atoms with Gasteiger partial charge in [-0.2, -0.15) is 0 Å². The molecule has 1 aliphatic carbocycles. The molecule has 1 aromatic carbocycles. The van der Waals surface area contributed by atoms with E-state index in [4.69, 9.17) is 17.3 Å². The van der Waals surface area contributed by atoms with Gasteiger partial charge in [-0.05, 0) is 66.5 Å². The van der Waals surface area contributed by atoms with Crippen molar-refractivity contribution in [2.45, 2.75) is 39.1 Å². The van der Waals surface area contributed by atoms with Gasteiger partial charge in [0.2, 0.25) is 0 Å².